The van der Waals surface area contributed by atoms with Crippen molar-refractivity contribution >= 4 is 0 Å². The molecular formula is C17H27N3. The van der Waals surface area contributed by atoms with Crippen molar-refractivity contribution < 1.29 is 0 Å². The summed E-state index contributed by atoms with van der Waals surface area (Å²) in [6.07, 6.45) is 1.27. The average molecular weight is 273 g/mol. The molecule has 0 spiro atoms. The summed E-state index contributed by atoms with van der Waals surface area (Å²) in [5.74, 6) is 0.667. The van der Waals surface area contributed by atoms with Gasteiger partial charge in [-0.05, 0) is 37.6 Å². The highest BCUT2D eigenvalue weighted by molar-refractivity contribution is 5.36. The summed E-state index contributed by atoms with van der Waals surface area (Å²) >= 11 is 0. The molecule has 0 saturated carbocycles. The third-order valence-electron chi connectivity index (χ3n) is 5.16. The van der Waals surface area contributed by atoms with E-state index in [9.17, 15) is 0 Å². The van der Waals surface area contributed by atoms with Crippen LogP contribution < -0.4 is 5.32 Å². The molecule has 3 heteroatoms. The molecule has 1 heterocycles. The van der Waals surface area contributed by atoms with Crippen LogP contribution in [0.3, 0.4) is 0 Å². The number of benzene rings is 1. The van der Waals surface area contributed by atoms with E-state index in [1.807, 2.05) is 0 Å². The van der Waals surface area contributed by atoms with Gasteiger partial charge in [0, 0.05) is 38.3 Å². The SMILES string of the molecule is CNC1c2ccccc2C(C)CC1N1CCN(C)CC1. The van der Waals surface area contributed by atoms with Gasteiger partial charge in [0.1, 0.15) is 0 Å². The number of nitrogens with one attached hydrogen (secondary N) is 1. The number of hydrogen-bond acceptors (Lipinski definition) is 3. The van der Waals surface area contributed by atoms with Gasteiger partial charge in [-0.15, -0.1) is 0 Å². The second kappa shape index (κ2) is 5.84. The Kier molecular flexibility index (Phi) is 4.11. The lowest BCUT2D eigenvalue weighted by Gasteiger charge is -2.45. The first-order chi connectivity index (χ1) is 9.70. The smallest absolute Gasteiger partial charge is 0.0478 e. The van der Waals surface area contributed by atoms with Crippen LogP contribution in [0.25, 0.3) is 0 Å². The zero-order chi connectivity index (χ0) is 14.1. The highest BCUT2D eigenvalue weighted by Crippen LogP contribution is 2.39. The number of fused-ring (bicyclic) bond motifs is 1. The van der Waals surface area contributed by atoms with Gasteiger partial charge < -0.3 is 10.2 Å². The van der Waals surface area contributed by atoms with E-state index in [1.165, 1.54) is 43.7 Å². The summed E-state index contributed by atoms with van der Waals surface area (Å²) in [4.78, 5) is 5.14. The minimum atomic E-state index is 0.478. The van der Waals surface area contributed by atoms with Crippen molar-refractivity contribution in [3.63, 3.8) is 0 Å². The van der Waals surface area contributed by atoms with Crippen molar-refractivity contribution in [3.05, 3.63) is 35.4 Å². The second-order valence-electron chi connectivity index (χ2n) is 6.44. The monoisotopic (exact) mass is 273 g/mol. The third-order valence-corrected chi connectivity index (χ3v) is 5.16. The maximum absolute atomic E-state index is 3.58. The molecule has 2 aliphatic rings. The van der Waals surface area contributed by atoms with Crippen LogP contribution in [0.5, 0.6) is 0 Å². The van der Waals surface area contributed by atoms with Gasteiger partial charge in [-0.2, -0.15) is 0 Å². The standard InChI is InChI=1S/C17H27N3/c1-13-12-16(20-10-8-19(3)9-11-20)17(18-2)15-7-5-4-6-14(13)15/h4-7,13,16-18H,8-12H2,1-3H3. The topological polar surface area (TPSA) is 18.5 Å². The fourth-order valence-corrected chi connectivity index (χ4v) is 3.94. The Morgan fingerprint density at radius 2 is 1.70 bits per heavy atom. The number of hydrogen-bond donors (Lipinski definition) is 1. The zero-order valence-electron chi connectivity index (χ0n) is 13.0. The van der Waals surface area contributed by atoms with Crippen LogP contribution in [0.4, 0.5) is 0 Å². The zero-order valence-corrected chi connectivity index (χ0v) is 13.0. The van der Waals surface area contributed by atoms with Gasteiger partial charge >= 0.3 is 0 Å². The molecule has 1 aliphatic heterocycles. The van der Waals surface area contributed by atoms with Crippen LogP contribution in [0.2, 0.25) is 0 Å². The Morgan fingerprint density at radius 3 is 2.35 bits per heavy atom. The van der Waals surface area contributed by atoms with Crippen molar-refractivity contribution in [2.45, 2.75) is 31.3 Å². The van der Waals surface area contributed by atoms with Crippen LogP contribution in [0.1, 0.15) is 36.4 Å². The van der Waals surface area contributed by atoms with Crippen molar-refractivity contribution in [2.75, 3.05) is 40.3 Å². The highest BCUT2D eigenvalue weighted by atomic mass is 15.3. The molecule has 0 aromatic heterocycles. The molecule has 1 saturated heterocycles. The number of rotatable bonds is 2. The molecule has 20 heavy (non-hydrogen) atoms. The molecule has 3 nitrogen and oxygen atoms in total. The van der Waals surface area contributed by atoms with E-state index in [-0.39, 0.29) is 0 Å². The lowest BCUT2D eigenvalue weighted by atomic mass is 9.77. The molecule has 3 rings (SSSR count). The van der Waals surface area contributed by atoms with Crippen LogP contribution >= 0.6 is 0 Å². The molecule has 3 unspecified atom stereocenters. The average Bonchev–Trinajstić information content (AvgIpc) is 2.48. The molecule has 1 aromatic rings. The fraction of sp³-hybridized carbons (Fsp3) is 0.647. The maximum atomic E-state index is 3.58. The van der Waals surface area contributed by atoms with Crippen molar-refractivity contribution in [1.29, 1.82) is 0 Å². The number of nitrogens with zero attached hydrogens (tertiary/aromatic N) is 2. The first kappa shape index (κ1) is 14.1. The summed E-state index contributed by atoms with van der Waals surface area (Å²) in [7, 11) is 4.34. The van der Waals surface area contributed by atoms with Gasteiger partial charge in [0.05, 0.1) is 0 Å². The minimum Gasteiger partial charge on any atom is -0.312 e. The maximum Gasteiger partial charge on any atom is 0.0478 e. The van der Waals surface area contributed by atoms with Crippen LogP contribution in [0, 0.1) is 0 Å². The lowest BCUT2D eigenvalue weighted by molar-refractivity contribution is 0.0788. The van der Waals surface area contributed by atoms with Gasteiger partial charge in [0.15, 0.2) is 0 Å². The molecule has 0 amide bonds. The number of likely N-dealkylation sites (N-methyl/N-ethyl adjacent to an activating group) is 2. The molecule has 1 fully saturated rings. The molecule has 0 bridgehead atoms. The van der Waals surface area contributed by atoms with E-state index >= 15 is 0 Å². The van der Waals surface area contributed by atoms with E-state index in [0.29, 0.717) is 18.0 Å². The van der Waals surface area contributed by atoms with Crippen molar-refractivity contribution in [3.8, 4) is 0 Å². The van der Waals surface area contributed by atoms with Gasteiger partial charge in [-0.25, -0.2) is 0 Å². The second-order valence-corrected chi connectivity index (χ2v) is 6.44. The number of piperazine rings is 1. The summed E-state index contributed by atoms with van der Waals surface area (Å²) < 4.78 is 0. The van der Waals surface area contributed by atoms with Gasteiger partial charge in [0.2, 0.25) is 0 Å². The van der Waals surface area contributed by atoms with E-state index < -0.39 is 0 Å². The molecule has 3 atom stereocenters. The predicted molar refractivity (Wildman–Crippen MR) is 84.1 cm³/mol. The minimum absolute atomic E-state index is 0.478. The normalized spacial score (nSPS) is 32.0. The van der Waals surface area contributed by atoms with E-state index in [1.54, 1.807) is 0 Å². The lowest BCUT2D eigenvalue weighted by Crippen LogP contribution is -2.54. The fourth-order valence-electron chi connectivity index (χ4n) is 3.94. The van der Waals surface area contributed by atoms with Gasteiger partial charge in [0.25, 0.3) is 0 Å². The van der Waals surface area contributed by atoms with Gasteiger partial charge in [-0.1, -0.05) is 31.2 Å². The summed E-state index contributed by atoms with van der Waals surface area (Å²) in [5, 5.41) is 3.58. The first-order valence-corrected chi connectivity index (χ1v) is 7.89. The van der Waals surface area contributed by atoms with E-state index in [4.69, 9.17) is 0 Å². The first-order valence-electron chi connectivity index (χ1n) is 7.89. The van der Waals surface area contributed by atoms with E-state index in [0.717, 1.165) is 0 Å². The largest absolute Gasteiger partial charge is 0.312 e. The van der Waals surface area contributed by atoms with Gasteiger partial charge in [-0.3, -0.25) is 4.90 Å². The summed E-state index contributed by atoms with van der Waals surface area (Å²) in [6.45, 7) is 7.18. The summed E-state index contributed by atoms with van der Waals surface area (Å²) in [6, 6.07) is 10.1. The van der Waals surface area contributed by atoms with Crippen LogP contribution in [0.15, 0.2) is 24.3 Å². The molecule has 1 aromatic carbocycles. The molecular weight excluding hydrogens is 246 g/mol. The molecule has 0 radical (unpaired) electrons. The van der Waals surface area contributed by atoms with Crippen molar-refractivity contribution in [1.82, 2.24) is 15.1 Å². The van der Waals surface area contributed by atoms with E-state index in [2.05, 4.69) is 60.4 Å². The Balaban J connectivity index is 1.86. The third kappa shape index (κ3) is 2.50. The summed E-state index contributed by atoms with van der Waals surface area (Å²) in [5.41, 5.74) is 3.05. The Labute approximate surface area is 123 Å². The molecule has 1 aliphatic carbocycles. The quantitative estimate of drug-likeness (QED) is 0.890. The predicted octanol–water partition coefficient (Wildman–Crippen LogP) is 2.07. The highest BCUT2D eigenvalue weighted by Gasteiger charge is 2.36. The van der Waals surface area contributed by atoms with Crippen molar-refractivity contribution in [2.24, 2.45) is 0 Å². The Morgan fingerprint density at radius 1 is 1.05 bits per heavy atom. The Bertz CT molecular complexity index is 451. The molecule has 1 N–H and O–H groups in total. The Hall–Kier alpha value is -0.900. The van der Waals surface area contributed by atoms with Crippen LogP contribution in [-0.2, 0) is 0 Å². The molecule has 110 valence electrons. The van der Waals surface area contributed by atoms with Crippen LogP contribution in [-0.4, -0.2) is 56.1 Å².